The first-order chi connectivity index (χ1) is 14.6. The third kappa shape index (κ3) is 5.24. The molecular formula is C24H31N3O2S. The second-order valence-electron chi connectivity index (χ2n) is 8.06. The van der Waals surface area contributed by atoms with Gasteiger partial charge in [0.2, 0.25) is 0 Å². The summed E-state index contributed by atoms with van der Waals surface area (Å²) in [7, 11) is 0. The number of para-hydroxylation sites is 1. The number of fused-ring (bicyclic) bond motifs is 1. The van der Waals surface area contributed by atoms with Crippen molar-refractivity contribution in [3.63, 3.8) is 0 Å². The number of thiazole rings is 1. The van der Waals surface area contributed by atoms with Crippen LogP contribution in [0.5, 0.6) is 11.5 Å². The monoisotopic (exact) mass is 425 g/mol. The fraction of sp³-hybridized carbons (Fsp3) is 0.458. The highest BCUT2D eigenvalue weighted by molar-refractivity contribution is 7.22. The fourth-order valence-electron chi connectivity index (χ4n) is 3.87. The lowest BCUT2D eigenvalue weighted by atomic mass is 10.0. The molecule has 1 aliphatic rings. The van der Waals surface area contributed by atoms with Crippen LogP contribution in [0, 0.1) is 0 Å². The average molecular weight is 426 g/mol. The second-order valence-corrected chi connectivity index (χ2v) is 9.09. The van der Waals surface area contributed by atoms with Crippen LogP contribution in [0.15, 0.2) is 42.5 Å². The van der Waals surface area contributed by atoms with E-state index in [1.807, 2.05) is 32.9 Å². The number of likely N-dealkylation sites (tertiary alicyclic amines) is 1. The molecule has 1 saturated heterocycles. The lowest BCUT2D eigenvalue weighted by Gasteiger charge is -2.32. The van der Waals surface area contributed by atoms with E-state index in [-0.39, 0.29) is 6.10 Å². The summed E-state index contributed by atoms with van der Waals surface area (Å²) >= 11 is 1.74. The third-order valence-corrected chi connectivity index (χ3v) is 6.25. The highest BCUT2D eigenvalue weighted by atomic mass is 32.1. The Hall–Kier alpha value is -2.31. The molecule has 1 fully saturated rings. The molecule has 0 unspecified atom stereocenters. The number of benzene rings is 2. The van der Waals surface area contributed by atoms with Crippen molar-refractivity contribution in [3.8, 4) is 11.5 Å². The van der Waals surface area contributed by atoms with Crippen molar-refractivity contribution >= 4 is 26.7 Å². The zero-order valence-corrected chi connectivity index (χ0v) is 18.9. The molecule has 3 aromatic rings. The maximum Gasteiger partial charge on any atom is 0.184 e. The minimum absolute atomic E-state index is 0.136. The topological polar surface area (TPSA) is 46.6 Å². The lowest BCUT2D eigenvalue weighted by Crippen LogP contribution is -2.38. The molecule has 2 aromatic carbocycles. The van der Waals surface area contributed by atoms with Gasteiger partial charge in [-0.15, -0.1) is 0 Å². The van der Waals surface area contributed by atoms with Crippen LogP contribution in [0.2, 0.25) is 0 Å². The summed E-state index contributed by atoms with van der Waals surface area (Å²) in [5, 5.41) is 4.69. The summed E-state index contributed by atoms with van der Waals surface area (Å²) in [5.74, 6) is 1.67. The molecule has 1 N–H and O–H groups in total. The van der Waals surface area contributed by atoms with Gasteiger partial charge in [0.1, 0.15) is 0 Å². The Morgan fingerprint density at radius 2 is 1.93 bits per heavy atom. The van der Waals surface area contributed by atoms with Crippen LogP contribution in [-0.2, 0) is 6.54 Å². The molecule has 30 heavy (non-hydrogen) atoms. The lowest BCUT2D eigenvalue weighted by molar-refractivity contribution is 0.209. The van der Waals surface area contributed by atoms with Gasteiger partial charge >= 0.3 is 0 Å². The molecule has 160 valence electrons. The van der Waals surface area contributed by atoms with Crippen molar-refractivity contribution in [2.24, 2.45) is 0 Å². The minimum Gasteiger partial charge on any atom is -0.490 e. The number of rotatable bonds is 8. The highest BCUT2D eigenvalue weighted by Crippen LogP contribution is 2.31. The van der Waals surface area contributed by atoms with Gasteiger partial charge in [0.05, 0.1) is 22.9 Å². The van der Waals surface area contributed by atoms with Gasteiger partial charge in [-0.05, 0) is 63.4 Å². The molecule has 0 spiro atoms. The summed E-state index contributed by atoms with van der Waals surface area (Å²) < 4.78 is 12.9. The van der Waals surface area contributed by atoms with E-state index >= 15 is 0 Å². The molecule has 4 rings (SSSR count). The van der Waals surface area contributed by atoms with E-state index in [9.17, 15) is 0 Å². The van der Waals surface area contributed by atoms with Crippen LogP contribution in [-0.4, -0.2) is 41.7 Å². The van der Waals surface area contributed by atoms with Crippen LogP contribution < -0.4 is 14.8 Å². The van der Waals surface area contributed by atoms with Crippen molar-refractivity contribution in [2.45, 2.75) is 52.3 Å². The number of hydrogen-bond acceptors (Lipinski definition) is 6. The molecule has 0 amide bonds. The molecule has 0 atom stereocenters. The molecule has 6 heteroatoms. The molecule has 5 nitrogen and oxygen atoms in total. The Morgan fingerprint density at radius 1 is 1.13 bits per heavy atom. The normalized spacial score (nSPS) is 15.6. The summed E-state index contributed by atoms with van der Waals surface area (Å²) in [6.45, 7) is 9.82. The highest BCUT2D eigenvalue weighted by Gasteiger charge is 2.20. The van der Waals surface area contributed by atoms with E-state index < -0.39 is 0 Å². The first-order valence-electron chi connectivity index (χ1n) is 10.9. The predicted octanol–water partition coefficient (Wildman–Crippen LogP) is 5.56. The molecule has 0 saturated carbocycles. The smallest absolute Gasteiger partial charge is 0.184 e. The summed E-state index contributed by atoms with van der Waals surface area (Å²) in [6, 6.07) is 15.1. The third-order valence-electron chi connectivity index (χ3n) is 5.29. The molecule has 2 heterocycles. The van der Waals surface area contributed by atoms with E-state index in [4.69, 9.17) is 14.5 Å². The average Bonchev–Trinajstić information content (AvgIpc) is 3.13. The number of hydrogen-bond donors (Lipinski definition) is 1. The van der Waals surface area contributed by atoms with Gasteiger partial charge in [0, 0.05) is 25.7 Å². The van der Waals surface area contributed by atoms with Crippen molar-refractivity contribution < 1.29 is 9.47 Å². The Labute approximate surface area is 183 Å². The van der Waals surface area contributed by atoms with E-state index in [0.29, 0.717) is 12.6 Å². The Balaban J connectivity index is 1.32. The standard InChI is InChI=1S/C24H31N3O2S/c1-4-28-22-15-18(9-10-21(22)29-17(2)3)16-27-13-11-19(12-14-27)25-24-26-20-7-5-6-8-23(20)30-24/h5-10,15,17,19H,4,11-14,16H2,1-3H3,(H,25,26). The Morgan fingerprint density at radius 3 is 2.67 bits per heavy atom. The van der Waals surface area contributed by atoms with Crippen LogP contribution in [0.4, 0.5) is 5.13 Å². The van der Waals surface area contributed by atoms with E-state index in [2.05, 4.69) is 40.5 Å². The number of nitrogens with one attached hydrogen (secondary N) is 1. The first kappa shape index (κ1) is 20.9. The van der Waals surface area contributed by atoms with Crippen LogP contribution >= 0.6 is 11.3 Å². The predicted molar refractivity (Wildman–Crippen MR) is 125 cm³/mol. The second kappa shape index (κ2) is 9.67. The van der Waals surface area contributed by atoms with Crippen molar-refractivity contribution in [3.05, 3.63) is 48.0 Å². The quantitative estimate of drug-likeness (QED) is 0.512. The van der Waals surface area contributed by atoms with Crippen molar-refractivity contribution in [1.29, 1.82) is 0 Å². The van der Waals surface area contributed by atoms with Crippen LogP contribution in [0.3, 0.4) is 0 Å². The summed E-state index contributed by atoms with van der Waals surface area (Å²) in [5.41, 5.74) is 2.35. The number of piperidine rings is 1. The maximum atomic E-state index is 5.88. The van der Waals surface area contributed by atoms with Gasteiger partial charge < -0.3 is 14.8 Å². The first-order valence-corrected chi connectivity index (χ1v) is 11.7. The van der Waals surface area contributed by atoms with E-state index in [0.717, 1.165) is 54.6 Å². The van der Waals surface area contributed by atoms with Crippen LogP contribution in [0.25, 0.3) is 10.2 Å². The summed E-state index contributed by atoms with van der Waals surface area (Å²) in [4.78, 5) is 7.24. The van der Waals surface area contributed by atoms with Crippen molar-refractivity contribution in [1.82, 2.24) is 9.88 Å². The van der Waals surface area contributed by atoms with Gasteiger partial charge in [-0.2, -0.15) is 0 Å². The Kier molecular flexibility index (Phi) is 6.75. The van der Waals surface area contributed by atoms with Gasteiger partial charge in [-0.1, -0.05) is 29.5 Å². The van der Waals surface area contributed by atoms with Gasteiger partial charge in [-0.25, -0.2) is 4.98 Å². The van der Waals surface area contributed by atoms with E-state index in [1.165, 1.54) is 10.3 Å². The Bertz CT molecular complexity index is 931. The number of aromatic nitrogens is 1. The largest absolute Gasteiger partial charge is 0.490 e. The molecule has 0 radical (unpaired) electrons. The maximum absolute atomic E-state index is 5.88. The summed E-state index contributed by atoms with van der Waals surface area (Å²) in [6.07, 6.45) is 2.39. The van der Waals surface area contributed by atoms with Crippen LogP contribution in [0.1, 0.15) is 39.2 Å². The van der Waals surface area contributed by atoms with Gasteiger partial charge in [-0.3, -0.25) is 4.90 Å². The number of nitrogens with zero attached hydrogens (tertiary/aromatic N) is 2. The van der Waals surface area contributed by atoms with Crippen molar-refractivity contribution in [2.75, 3.05) is 25.0 Å². The zero-order valence-electron chi connectivity index (χ0n) is 18.1. The minimum atomic E-state index is 0.136. The molecule has 0 aliphatic carbocycles. The molecular weight excluding hydrogens is 394 g/mol. The molecule has 0 bridgehead atoms. The van der Waals surface area contributed by atoms with E-state index in [1.54, 1.807) is 11.3 Å². The SMILES string of the molecule is CCOc1cc(CN2CCC(Nc3nc4ccccc4s3)CC2)ccc1OC(C)C. The fourth-order valence-corrected chi connectivity index (χ4v) is 4.82. The van der Waals surface area contributed by atoms with Gasteiger partial charge in [0.25, 0.3) is 0 Å². The number of anilines is 1. The molecule has 1 aromatic heterocycles. The molecule has 1 aliphatic heterocycles. The van der Waals surface area contributed by atoms with Gasteiger partial charge in [0.15, 0.2) is 16.6 Å². The number of ether oxygens (including phenoxy) is 2. The zero-order chi connectivity index (χ0) is 20.9.